The molecule has 1 amide bonds. The quantitative estimate of drug-likeness (QED) is 0.356. The van der Waals surface area contributed by atoms with Crippen molar-refractivity contribution in [2.45, 2.75) is 0 Å². The highest BCUT2D eigenvalue weighted by Crippen LogP contribution is 2.41. The van der Waals surface area contributed by atoms with Gasteiger partial charge in [0.15, 0.2) is 0 Å². The molecule has 1 heterocycles. The molecule has 3 rings (SSSR count). The van der Waals surface area contributed by atoms with Crippen molar-refractivity contribution in [3.63, 3.8) is 0 Å². The third-order valence-electron chi connectivity index (χ3n) is 3.41. The molecule has 0 fully saturated rings. The highest BCUT2D eigenvalue weighted by molar-refractivity contribution is 9.10. The maximum absolute atomic E-state index is 12.3. The third kappa shape index (κ3) is 2.33. The molecule has 0 aromatic heterocycles. The Morgan fingerprint density at radius 1 is 1.09 bits per heavy atom. The van der Waals surface area contributed by atoms with Crippen LogP contribution in [0, 0.1) is 10.1 Å². The second-order valence-corrected chi connectivity index (χ2v) is 5.67. The van der Waals surface area contributed by atoms with E-state index in [1.807, 2.05) is 0 Å². The van der Waals surface area contributed by atoms with E-state index in [1.54, 1.807) is 6.07 Å². The van der Waals surface area contributed by atoms with Crippen LogP contribution in [-0.4, -0.2) is 22.9 Å². The van der Waals surface area contributed by atoms with Gasteiger partial charge in [0.25, 0.3) is 11.5 Å². The summed E-state index contributed by atoms with van der Waals surface area (Å²) in [4.78, 5) is 46.7. The van der Waals surface area contributed by atoms with Gasteiger partial charge in [0.1, 0.15) is 12.0 Å². The SMILES string of the molecule is O=Cc1ccc(N2C(=O)C(=O)c3cc(Br)ccc32)c([N+](=O)[O-])c1. The Hall–Kier alpha value is -2.87. The van der Waals surface area contributed by atoms with E-state index in [4.69, 9.17) is 0 Å². The predicted molar refractivity (Wildman–Crippen MR) is 84.1 cm³/mol. The van der Waals surface area contributed by atoms with Gasteiger partial charge in [-0.2, -0.15) is 0 Å². The molecular weight excluding hydrogens is 368 g/mol. The average molecular weight is 375 g/mol. The van der Waals surface area contributed by atoms with Crippen molar-refractivity contribution in [3.8, 4) is 0 Å². The van der Waals surface area contributed by atoms with Crippen LogP contribution in [0.1, 0.15) is 20.7 Å². The molecule has 0 spiro atoms. The fraction of sp³-hybridized carbons (Fsp3) is 0. The molecule has 0 radical (unpaired) electrons. The number of hydrogen-bond acceptors (Lipinski definition) is 5. The first-order valence-corrected chi connectivity index (χ1v) is 7.15. The van der Waals surface area contributed by atoms with Crippen molar-refractivity contribution < 1.29 is 19.3 Å². The van der Waals surface area contributed by atoms with Crippen molar-refractivity contribution in [2.75, 3.05) is 4.90 Å². The van der Waals surface area contributed by atoms with Gasteiger partial charge < -0.3 is 0 Å². The fourth-order valence-electron chi connectivity index (χ4n) is 2.40. The summed E-state index contributed by atoms with van der Waals surface area (Å²) in [6, 6.07) is 8.34. The van der Waals surface area contributed by atoms with Gasteiger partial charge in [0, 0.05) is 16.1 Å². The Labute approximate surface area is 137 Å². The maximum atomic E-state index is 12.3. The van der Waals surface area contributed by atoms with Crippen LogP contribution in [0.3, 0.4) is 0 Å². The van der Waals surface area contributed by atoms with Crippen LogP contribution < -0.4 is 4.90 Å². The number of aldehydes is 1. The molecule has 0 N–H and O–H groups in total. The lowest BCUT2D eigenvalue weighted by molar-refractivity contribution is -0.384. The third-order valence-corrected chi connectivity index (χ3v) is 3.91. The number of Topliss-reactive ketones (excluding diaryl/α,β-unsaturated/α-hetero) is 1. The van der Waals surface area contributed by atoms with Crippen LogP contribution in [0.15, 0.2) is 40.9 Å². The minimum Gasteiger partial charge on any atom is -0.298 e. The number of nitro groups is 1. The largest absolute Gasteiger partial charge is 0.304 e. The number of halogens is 1. The van der Waals surface area contributed by atoms with E-state index < -0.39 is 22.3 Å². The van der Waals surface area contributed by atoms with Gasteiger partial charge in [-0.25, -0.2) is 0 Å². The van der Waals surface area contributed by atoms with E-state index in [0.29, 0.717) is 10.8 Å². The Bertz CT molecular complexity index is 893. The number of carbonyl (C=O) groups is 3. The minimum atomic E-state index is -0.875. The second kappa shape index (κ2) is 5.40. The Morgan fingerprint density at radius 3 is 2.43 bits per heavy atom. The van der Waals surface area contributed by atoms with Crippen molar-refractivity contribution in [1.82, 2.24) is 0 Å². The van der Waals surface area contributed by atoms with Crippen LogP contribution >= 0.6 is 15.9 Å². The molecule has 7 nitrogen and oxygen atoms in total. The lowest BCUT2D eigenvalue weighted by Gasteiger charge is -2.16. The number of nitrogens with zero attached hydrogens (tertiary/aromatic N) is 2. The van der Waals surface area contributed by atoms with Crippen molar-refractivity contribution in [3.05, 3.63) is 62.1 Å². The van der Waals surface area contributed by atoms with E-state index >= 15 is 0 Å². The molecule has 0 unspecified atom stereocenters. The molecule has 2 aromatic carbocycles. The van der Waals surface area contributed by atoms with Crippen LogP contribution in [0.25, 0.3) is 0 Å². The fourth-order valence-corrected chi connectivity index (χ4v) is 2.76. The predicted octanol–water partition coefficient (Wildman–Crippen LogP) is 3.03. The van der Waals surface area contributed by atoms with Gasteiger partial charge in [-0.1, -0.05) is 15.9 Å². The number of hydrogen-bond donors (Lipinski definition) is 0. The number of amides is 1. The monoisotopic (exact) mass is 374 g/mol. The molecule has 1 aliphatic rings. The molecule has 2 aromatic rings. The number of nitro benzene ring substituents is 1. The zero-order valence-corrected chi connectivity index (χ0v) is 12.9. The molecule has 0 aliphatic carbocycles. The lowest BCUT2D eigenvalue weighted by Crippen LogP contribution is -2.25. The first-order valence-electron chi connectivity index (χ1n) is 6.36. The molecule has 114 valence electrons. The normalized spacial score (nSPS) is 13.2. The molecule has 8 heteroatoms. The number of anilines is 2. The molecule has 23 heavy (non-hydrogen) atoms. The maximum Gasteiger partial charge on any atom is 0.304 e. The van der Waals surface area contributed by atoms with E-state index in [-0.39, 0.29) is 22.5 Å². The first-order chi connectivity index (χ1) is 10.9. The lowest BCUT2D eigenvalue weighted by atomic mass is 10.1. The summed E-state index contributed by atoms with van der Waals surface area (Å²) < 4.78 is 0.616. The molecular formula is C15H7BrN2O5. The summed E-state index contributed by atoms with van der Waals surface area (Å²) in [7, 11) is 0. The summed E-state index contributed by atoms with van der Waals surface area (Å²) in [6.07, 6.45) is 0.471. The van der Waals surface area contributed by atoms with Crippen molar-refractivity contribution >= 4 is 51.0 Å². The summed E-state index contributed by atoms with van der Waals surface area (Å²) in [6.45, 7) is 0. The van der Waals surface area contributed by atoms with Crippen LogP contribution in [0.5, 0.6) is 0 Å². The van der Waals surface area contributed by atoms with Gasteiger partial charge >= 0.3 is 5.91 Å². The highest BCUT2D eigenvalue weighted by Gasteiger charge is 2.39. The summed E-state index contributed by atoms with van der Waals surface area (Å²) in [5.74, 6) is -1.62. The smallest absolute Gasteiger partial charge is 0.298 e. The topological polar surface area (TPSA) is 97.6 Å². The number of fused-ring (bicyclic) bond motifs is 1. The van der Waals surface area contributed by atoms with Crippen LogP contribution in [0.4, 0.5) is 17.1 Å². The standard InChI is InChI=1S/C15H7BrN2O5/c16-9-2-4-11-10(6-9)14(20)15(21)17(11)12-3-1-8(7-19)5-13(12)18(22)23/h1-7H. The van der Waals surface area contributed by atoms with Gasteiger partial charge in [-0.05, 0) is 30.3 Å². The van der Waals surface area contributed by atoms with E-state index in [2.05, 4.69) is 15.9 Å². The van der Waals surface area contributed by atoms with Gasteiger partial charge in [-0.3, -0.25) is 29.4 Å². The van der Waals surface area contributed by atoms with Crippen molar-refractivity contribution in [1.29, 1.82) is 0 Å². The minimum absolute atomic E-state index is 0.0555. The summed E-state index contributed by atoms with van der Waals surface area (Å²) in [5.41, 5.74) is 0.0595. The number of rotatable bonds is 3. The Balaban J connectivity index is 2.24. The molecule has 1 aliphatic heterocycles. The molecule has 0 atom stereocenters. The van der Waals surface area contributed by atoms with E-state index in [1.165, 1.54) is 24.3 Å². The van der Waals surface area contributed by atoms with Crippen LogP contribution in [0.2, 0.25) is 0 Å². The number of carbonyl (C=O) groups excluding carboxylic acids is 3. The van der Waals surface area contributed by atoms with Crippen LogP contribution in [-0.2, 0) is 4.79 Å². The zero-order valence-electron chi connectivity index (χ0n) is 11.4. The average Bonchev–Trinajstić information content (AvgIpc) is 2.78. The van der Waals surface area contributed by atoms with Gasteiger partial charge in [0.05, 0.1) is 16.2 Å². The van der Waals surface area contributed by atoms with Gasteiger partial charge in [0.2, 0.25) is 0 Å². The Morgan fingerprint density at radius 2 is 1.78 bits per heavy atom. The summed E-state index contributed by atoms with van der Waals surface area (Å²) >= 11 is 3.22. The van der Waals surface area contributed by atoms with Gasteiger partial charge in [-0.15, -0.1) is 0 Å². The Kier molecular flexibility index (Phi) is 3.53. The molecule has 0 bridgehead atoms. The molecule has 0 saturated carbocycles. The summed E-state index contributed by atoms with van der Waals surface area (Å²) in [5, 5.41) is 11.3. The highest BCUT2D eigenvalue weighted by atomic mass is 79.9. The number of ketones is 1. The van der Waals surface area contributed by atoms with E-state index in [0.717, 1.165) is 11.0 Å². The second-order valence-electron chi connectivity index (χ2n) is 4.75. The number of benzene rings is 2. The zero-order chi connectivity index (χ0) is 16.7. The van der Waals surface area contributed by atoms with Crippen molar-refractivity contribution in [2.24, 2.45) is 0 Å². The first kappa shape index (κ1) is 15.0. The van der Waals surface area contributed by atoms with E-state index in [9.17, 15) is 24.5 Å². The molecule has 0 saturated heterocycles.